The second-order valence-electron chi connectivity index (χ2n) is 3.58. The lowest BCUT2D eigenvalue weighted by Crippen LogP contribution is -2.36. The van der Waals surface area contributed by atoms with Crippen molar-refractivity contribution in [1.82, 2.24) is 0 Å². The van der Waals surface area contributed by atoms with E-state index in [-0.39, 0.29) is 0 Å². The van der Waals surface area contributed by atoms with Gasteiger partial charge in [-0.15, -0.1) is 0 Å². The summed E-state index contributed by atoms with van der Waals surface area (Å²) in [4.78, 5) is 0. The van der Waals surface area contributed by atoms with Crippen molar-refractivity contribution in [3.05, 3.63) is 11.6 Å². The highest BCUT2D eigenvalue weighted by Crippen LogP contribution is 2.40. The first-order valence-corrected chi connectivity index (χ1v) is 5.40. The minimum absolute atomic E-state index is 0.411. The molecule has 0 saturated carbocycles. The van der Waals surface area contributed by atoms with E-state index in [4.69, 9.17) is 5.73 Å². The molecule has 0 bridgehead atoms. The Hall–Kier alpha value is 0.0500. The Kier molecular flexibility index (Phi) is 1.98. The molecule has 11 heavy (non-hydrogen) atoms. The molecule has 1 aliphatic carbocycles. The molecule has 0 amide bonds. The zero-order chi connectivity index (χ0) is 7.84. The van der Waals surface area contributed by atoms with Gasteiger partial charge < -0.3 is 5.73 Å². The van der Waals surface area contributed by atoms with Crippen LogP contribution in [0.5, 0.6) is 0 Å². The van der Waals surface area contributed by atoms with Gasteiger partial charge in [-0.05, 0) is 24.5 Å². The van der Waals surface area contributed by atoms with Crippen LogP contribution in [0.3, 0.4) is 0 Å². The molecule has 2 rings (SSSR count). The molecule has 0 aromatic rings. The van der Waals surface area contributed by atoms with Gasteiger partial charge in [-0.1, -0.05) is 18.6 Å². The fraction of sp³-hybridized carbons (Fsp3) is 0.778. The molecule has 3 atom stereocenters. The van der Waals surface area contributed by atoms with E-state index in [2.05, 4.69) is 24.8 Å². The van der Waals surface area contributed by atoms with Crippen molar-refractivity contribution in [2.45, 2.75) is 31.1 Å². The van der Waals surface area contributed by atoms with Crippen molar-refractivity contribution < 1.29 is 0 Å². The molecule has 0 aromatic heterocycles. The SMILES string of the molecule is CC1C(N)CC=C2CCSC21. The van der Waals surface area contributed by atoms with Crippen molar-refractivity contribution >= 4 is 11.8 Å². The summed E-state index contributed by atoms with van der Waals surface area (Å²) in [6.45, 7) is 2.29. The maximum absolute atomic E-state index is 5.98. The molecule has 2 N–H and O–H groups in total. The lowest BCUT2D eigenvalue weighted by molar-refractivity contribution is 0.444. The quantitative estimate of drug-likeness (QED) is 0.559. The predicted octanol–water partition coefficient (Wildman–Crippen LogP) is 1.79. The van der Waals surface area contributed by atoms with Gasteiger partial charge in [-0.25, -0.2) is 0 Å². The first-order chi connectivity index (χ1) is 5.29. The van der Waals surface area contributed by atoms with Crippen LogP contribution in [0.25, 0.3) is 0 Å². The van der Waals surface area contributed by atoms with Crippen LogP contribution in [0.2, 0.25) is 0 Å². The molecular formula is C9H15NS. The molecule has 0 radical (unpaired) electrons. The third-order valence-corrected chi connectivity index (χ3v) is 4.39. The van der Waals surface area contributed by atoms with Crippen LogP contribution in [0.4, 0.5) is 0 Å². The van der Waals surface area contributed by atoms with E-state index in [9.17, 15) is 0 Å². The minimum Gasteiger partial charge on any atom is -0.327 e. The Morgan fingerprint density at radius 3 is 3.27 bits per heavy atom. The van der Waals surface area contributed by atoms with Gasteiger partial charge >= 0.3 is 0 Å². The van der Waals surface area contributed by atoms with Crippen molar-refractivity contribution in [3.63, 3.8) is 0 Å². The van der Waals surface area contributed by atoms with Gasteiger partial charge in [0, 0.05) is 11.3 Å². The topological polar surface area (TPSA) is 26.0 Å². The van der Waals surface area contributed by atoms with Gasteiger partial charge in [0.25, 0.3) is 0 Å². The van der Waals surface area contributed by atoms with E-state index in [0.717, 1.165) is 11.7 Å². The van der Waals surface area contributed by atoms with E-state index in [1.165, 1.54) is 12.2 Å². The average Bonchev–Trinajstić information content (AvgIpc) is 2.45. The summed E-state index contributed by atoms with van der Waals surface area (Å²) in [7, 11) is 0. The van der Waals surface area contributed by atoms with Crippen LogP contribution in [0.1, 0.15) is 19.8 Å². The summed E-state index contributed by atoms with van der Waals surface area (Å²) in [5, 5.41) is 0.763. The van der Waals surface area contributed by atoms with Crippen LogP contribution in [-0.2, 0) is 0 Å². The molecule has 1 saturated heterocycles. The van der Waals surface area contributed by atoms with Gasteiger partial charge in [0.1, 0.15) is 0 Å². The number of rotatable bonds is 0. The largest absolute Gasteiger partial charge is 0.327 e. The second-order valence-corrected chi connectivity index (χ2v) is 4.83. The molecule has 1 heterocycles. The smallest absolute Gasteiger partial charge is 0.0297 e. The number of hydrogen-bond acceptors (Lipinski definition) is 2. The molecule has 1 aliphatic heterocycles. The van der Waals surface area contributed by atoms with Crippen molar-refractivity contribution in [2.24, 2.45) is 11.7 Å². The number of thioether (sulfide) groups is 1. The zero-order valence-electron chi connectivity index (χ0n) is 6.92. The van der Waals surface area contributed by atoms with Gasteiger partial charge in [-0.2, -0.15) is 11.8 Å². The minimum atomic E-state index is 0.411. The summed E-state index contributed by atoms with van der Waals surface area (Å²) in [6.07, 6.45) is 4.79. The van der Waals surface area contributed by atoms with Crippen LogP contribution >= 0.6 is 11.8 Å². The number of hydrogen-bond donors (Lipinski definition) is 1. The fourth-order valence-corrected chi connectivity index (χ4v) is 3.53. The fourth-order valence-electron chi connectivity index (χ4n) is 1.99. The van der Waals surface area contributed by atoms with Crippen LogP contribution in [0.15, 0.2) is 11.6 Å². The molecule has 62 valence electrons. The number of fused-ring (bicyclic) bond motifs is 1. The third kappa shape index (κ3) is 1.23. The van der Waals surface area contributed by atoms with E-state index in [0.29, 0.717) is 12.0 Å². The van der Waals surface area contributed by atoms with Gasteiger partial charge in [0.15, 0.2) is 0 Å². The first kappa shape index (κ1) is 7.69. The summed E-state index contributed by atoms with van der Waals surface area (Å²) in [5.74, 6) is 2.01. The standard InChI is InChI=1S/C9H15NS/c1-6-8(10)3-2-7-4-5-11-9(6)7/h2,6,8-9H,3-5,10H2,1H3. The van der Waals surface area contributed by atoms with Crippen LogP contribution in [0, 0.1) is 5.92 Å². The Balaban J connectivity index is 2.20. The maximum Gasteiger partial charge on any atom is 0.0297 e. The third-order valence-electron chi connectivity index (χ3n) is 2.86. The van der Waals surface area contributed by atoms with E-state index in [1.807, 2.05) is 0 Å². The molecule has 0 spiro atoms. The summed E-state index contributed by atoms with van der Waals surface area (Å²) < 4.78 is 0. The molecule has 2 heteroatoms. The predicted molar refractivity (Wildman–Crippen MR) is 50.7 cm³/mol. The lowest BCUT2D eigenvalue weighted by Gasteiger charge is -2.29. The monoisotopic (exact) mass is 169 g/mol. The average molecular weight is 169 g/mol. The maximum atomic E-state index is 5.98. The van der Waals surface area contributed by atoms with Crippen molar-refractivity contribution in [2.75, 3.05) is 5.75 Å². The van der Waals surface area contributed by atoms with E-state index < -0.39 is 0 Å². The summed E-state index contributed by atoms with van der Waals surface area (Å²) in [5.41, 5.74) is 7.65. The normalized spacial score (nSPS) is 43.5. The molecule has 0 aromatic carbocycles. The molecule has 2 aliphatic rings. The molecular weight excluding hydrogens is 154 g/mol. The van der Waals surface area contributed by atoms with Crippen molar-refractivity contribution in [3.8, 4) is 0 Å². The summed E-state index contributed by atoms with van der Waals surface area (Å²) >= 11 is 2.09. The molecule has 3 unspecified atom stereocenters. The van der Waals surface area contributed by atoms with Gasteiger partial charge in [0.2, 0.25) is 0 Å². The van der Waals surface area contributed by atoms with Crippen LogP contribution in [-0.4, -0.2) is 17.0 Å². The lowest BCUT2D eigenvalue weighted by atomic mass is 9.85. The Bertz CT molecular complexity index is 188. The second kappa shape index (κ2) is 2.83. The Labute approximate surface area is 72.4 Å². The first-order valence-electron chi connectivity index (χ1n) is 4.35. The molecule has 1 fully saturated rings. The number of nitrogens with two attached hydrogens (primary N) is 1. The Morgan fingerprint density at radius 1 is 1.64 bits per heavy atom. The highest BCUT2D eigenvalue weighted by molar-refractivity contribution is 8.00. The Morgan fingerprint density at radius 2 is 2.45 bits per heavy atom. The summed E-state index contributed by atoms with van der Waals surface area (Å²) in [6, 6.07) is 0.411. The zero-order valence-corrected chi connectivity index (χ0v) is 7.73. The van der Waals surface area contributed by atoms with Crippen LogP contribution < -0.4 is 5.73 Å². The van der Waals surface area contributed by atoms with Gasteiger partial charge in [-0.3, -0.25) is 0 Å². The van der Waals surface area contributed by atoms with E-state index in [1.54, 1.807) is 5.57 Å². The highest BCUT2D eigenvalue weighted by atomic mass is 32.2. The molecule has 1 nitrogen and oxygen atoms in total. The van der Waals surface area contributed by atoms with E-state index >= 15 is 0 Å². The van der Waals surface area contributed by atoms with Crippen molar-refractivity contribution in [1.29, 1.82) is 0 Å². The highest BCUT2D eigenvalue weighted by Gasteiger charge is 2.32. The van der Waals surface area contributed by atoms with Gasteiger partial charge in [0.05, 0.1) is 0 Å².